The van der Waals surface area contributed by atoms with Crippen LogP contribution in [0.3, 0.4) is 0 Å². The number of halogens is 1. The maximum atomic E-state index is 8.90. The van der Waals surface area contributed by atoms with E-state index in [4.69, 9.17) is 16.9 Å². The first-order valence-electron chi connectivity index (χ1n) is 7.27. The number of nitriles is 1. The van der Waals surface area contributed by atoms with Crippen molar-refractivity contribution in [2.75, 3.05) is 18.0 Å². The topological polar surface area (TPSA) is 27.0 Å². The van der Waals surface area contributed by atoms with Gasteiger partial charge in [0.05, 0.1) is 22.3 Å². The molecule has 1 aliphatic heterocycles. The lowest BCUT2D eigenvalue weighted by molar-refractivity contribution is 0.505. The molecule has 0 radical (unpaired) electrons. The number of benzene rings is 2. The van der Waals surface area contributed by atoms with E-state index in [2.05, 4.69) is 41.3 Å². The van der Waals surface area contributed by atoms with Crippen LogP contribution in [-0.4, -0.2) is 13.1 Å². The van der Waals surface area contributed by atoms with Crippen molar-refractivity contribution in [3.63, 3.8) is 0 Å². The Balaban J connectivity index is 1.70. The smallest absolute Gasteiger partial charge is 0.0992 e. The van der Waals surface area contributed by atoms with Crippen molar-refractivity contribution in [3.8, 4) is 6.07 Å². The van der Waals surface area contributed by atoms with Gasteiger partial charge < -0.3 is 4.90 Å². The van der Waals surface area contributed by atoms with Gasteiger partial charge in [-0.15, -0.1) is 0 Å². The molecule has 0 amide bonds. The van der Waals surface area contributed by atoms with Crippen LogP contribution < -0.4 is 4.90 Å². The molecule has 0 aliphatic carbocycles. The Morgan fingerprint density at radius 2 is 1.76 bits per heavy atom. The van der Waals surface area contributed by atoms with E-state index in [0.29, 0.717) is 16.5 Å². The van der Waals surface area contributed by atoms with Gasteiger partial charge in [-0.25, -0.2) is 0 Å². The van der Waals surface area contributed by atoms with Crippen LogP contribution in [0.1, 0.15) is 29.9 Å². The molecular weight excluding hydrogens is 280 g/mol. The fourth-order valence-electron chi connectivity index (χ4n) is 3.01. The minimum atomic E-state index is 0.614. The summed E-state index contributed by atoms with van der Waals surface area (Å²) < 4.78 is 0. The van der Waals surface area contributed by atoms with Crippen molar-refractivity contribution < 1.29 is 0 Å². The minimum Gasteiger partial charge on any atom is -0.370 e. The van der Waals surface area contributed by atoms with Gasteiger partial charge >= 0.3 is 0 Å². The van der Waals surface area contributed by atoms with E-state index in [1.807, 2.05) is 12.1 Å². The van der Waals surface area contributed by atoms with Gasteiger partial charge in [-0.05, 0) is 42.5 Å². The Morgan fingerprint density at radius 1 is 1.05 bits per heavy atom. The number of hydrogen-bond donors (Lipinski definition) is 0. The van der Waals surface area contributed by atoms with Crippen molar-refractivity contribution in [2.24, 2.45) is 0 Å². The van der Waals surface area contributed by atoms with Crippen molar-refractivity contribution in [1.82, 2.24) is 0 Å². The number of piperidine rings is 1. The van der Waals surface area contributed by atoms with Crippen LogP contribution in [0.25, 0.3) is 0 Å². The second kappa shape index (κ2) is 6.20. The lowest BCUT2D eigenvalue weighted by Crippen LogP contribution is -2.33. The molecule has 2 aromatic rings. The van der Waals surface area contributed by atoms with Gasteiger partial charge in [0.15, 0.2) is 0 Å². The van der Waals surface area contributed by atoms with E-state index in [9.17, 15) is 0 Å². The summed E-state index contributed by atoms with van der Waals surface area (Å²) in [7, 11) is 0. The SMILES string of the molecule is N#Cc1ccc(N2CCC(c3ccccc3)CC2)c(Cl)c1. The van der Waals surface area contributed by atoms with Gasteiger partial charge in [0.2, 0.25) is 0 Å². The highest BCUT2D eigenvalue weighted by Crippen LogP contribution is 2.33. The highest BCUT2D eigenvalue weighted by molar-refractivity contribution is 6.33. The standard InChI is InChI=1S/C18H17ClN2/c19-17-12-14(13-20)6-7-18(17)21-10-8-16(9-11-21)15-4-2-1-3-5-15/h1-7,12,16H,8-11H2. The van der Waals surface area contributed by atoms with Gasteiger partial charge in [0.1, 0.15) is 0 Å². The zero-order chi connectivity index (χ0) is 14.7. The summed E-state index contributed by atoms with van der Waals surface area (Å²) in [5, 5.41) is 9.58. The normalized spacial score (nSPS) is 15.7. The number of anilines is 1. The van der Waals surface area contributed by atoms with Crippen molar-refractivity contribution in [3.05, 3.63) is 64.7 Å². The summed E-state index contributed by atoms with van der Waals surface area (Å²) in [6, 6.07) is 18.4. The number of rotatable bonds is 2. The Hall–Kier alpha value is -1.98. The Labute approximate surface area is 130 Å². The van der Waals surface area contributed by atoms with Gasteiger partial charge in [0.25, 0.3) is 0 Å². The van der Waals surface area contributed by atoms with Gasteiger partial charge in [0, 0.05) is 13.1 Å². The Kier molecular flexibility index (Phi) is 4.13. The van der Waals surface area contributed by atoms with Crippen molar-refractivity contribution in [1.29, 1.82) is 5.26 Å². The fraction of sp³-hybridized carbons (Fsp3) is 0.278. The molecule has 106 valence electrons. The Morgan fingerprint density at radius 3 is 2.38 bits per heavy atom. The minimum absolute atomic E-state index is 0.614. The second-order valence-electron chi connectivity index (χ2n) is 5.45. The zero-order valence-corrected chi connectivity index (χ0v) is 12.6. The molecule has 0 unspecified atom stereocenters. The van der Waals surface area contributed by atoms with Crippen molar-refractivity contribution >= 4 is 17.3 Å². The molecule has 21 heavy (non-hydrogen) atoms. The molecule has 1 aliphatic rings. The summed E-state index contributed by atoms with van der Waals surface area (Å²) in [5.74, 6) is 0.639. The predicted molar refractivity (Wildman–Crippen MR) is 86.8 cm³/mol. The zero-order valence-electron chi connectivity index (χ0n) is 11.8. The molecule has 1 fully saturated rings. The lowest BCUT2D eigenvalue weighted by Gasteiger charge is -2.34. The molecule has 1 saturated heterocycles. The number of hydrogen-bond acceptors (Lipinski definition) is 2. The third kappa shape index (κ3) is 3.04. The third-order valence-corrected chi connectivity index (χ3v) is 4.49. The first kappa shape index (κ1) is 14.0. The van der Waals surface area contributed by atoms with Crippen LogP contribution >= 0.6 is 11.6 Å². The highest BCUT2D eigenvalue weighted by atomic mass is 35.5. The molecule has 3 rings (SSSR count). The second-order valence-corrected chi connectivity index (χ2v) is 5.86. The number of nitrogens with zero attached hydrogens (tertiary/aromatic N) is 2. The molecule has 0 spiro atoms. The molecule has 0 N–H and O–H groups in total. The Bertz CT molecular complexity index is 653. The third-order valence-electron chi connectivity index (χ3n) is 4.18. The van der Waals surface area contributed by atoms with Crippen LogP contribution in [0, 0.1) is 11.3 Å². The van der Waals surface area contributed by atoms with Crippen LogP contribution in [-0.2, 0) is 0 Å². The van der Waals surface area contributed by atoms with Crippen LogP contribution in [0.2, 0.25) is 5.02 Å². The molecule has 3 heteroatoms. The predicted octanol–water partition coefficient (Wildman–Crippen LogP) is 4.60. The average Bonchev–Trinajstić information content (AvgIpc) is 2.56. The first-order valence-corrected chi connectivity index (χ1v) is 7.65. The summed E-state index contributed by atoms with van der Waals surface area (Å²) >= 11 is 6.30. The maximum Gasteiger partial charge on any atom is 0.0992 e. The van der Waals surface area contributed by atoms with E-state index >= 15 is 0 Å². The van der Waals surface area contributed by atoms with E-state index in [0.717, 1.165) is 31.6 Å². The molecule has 0 bridgehead atoms. The molecule has 0 atom stereocenters. The molecule has 1 heterocycles. The molecule has 2 nitrogen and oxygen atoms in total. The highest BCUT2D eigenvalue weighted by Gasteiger charge is 2.21. The van der Waals surface area contributed by atoms with Crippen LogP contribution in [0.15, 0.2) is 48.5 Å². The quantitative estimate of drug-likeness (QED) is 0.810. The molecular formula is C18H17ClN2. The lowest BCUT2D eigenvalue weighted by atomic mass is 9.89. The van der Waals surface area contributed by atoms with E-state index in [-0.39, 0.29) is 0 Å². The summed E-state index contributed by atoms with van der Waals surface area (Å²) in [4.78, 5) is 2.32. The van der Waals surface area contributed by atoms with E-state index < -0.39 is 0 Å². The van der Waals surface area contributed by atoms with Crippen molar-refractivity contribution in [2.45, 2.75) is 18.8 Å². The maximum absolute atomic E-state index is 8.90. The summed E-state index contributed by atoms with van der Waals surface area (Å²) in [5.41, 5.74) is 3.09. The van der Waals surface area contributed by atoms with Crippen LogP contribution in [0.5, 0.6) is 0 Å². The molecule has 0 aromatic heterocycles. The van der Waals surface area contributed by atoms with Crippen LogP contribution in [0.4, 0.5) is 5.69 Å². The largest absolute Gasteiger partial charge is 0.370 e. The van der Waals surface area contributed by atoms with Gasteiger partial charge in [-0.3, -0.25) is 0 Å². The van der Waals surface area contributed by atoms with Gasteiger partial charge in [-0.1, -0.05) is 41.9 Å². The fourth-order valence-corrected chi connectivity index (χ4v) is 3.31. The summed E-state index contributed by atoms with van der Waals surface area (Å²) in [6.45, 7) is 2.01. The van der Waals surface area contributed by atoms with E-state index in [1.165, 1.54) is 5.56 Å². The summed E-state index contributed by atoms with van der Waals surface area (Å²) in [6.07, 6.45) is 2.28. The monoisotopic (exact) mass is 296 g/mol. The van der Waals surface area contributed by atoms with Gasteiger partial charge in [-0.2, -0.15) is 5.26 Å². The first-order chi connectivity index (χ1) is 10.3. The molecule has 2 aromatic carbocycles. The molecule has 0 saturated carbocycles. The van der Waals surface area contributed by atoms with E-state index in [1.54, 1.807) is 6.07 Å². The average molecular weight is 297 g/mol.